The molecule has 5 rings (SSSR count). The zero-order chi connectivity index (χ0) is 26.5. The molecule has 1 aromatic carbocycles. The second-order valence-corrected chi connectivity index (χ2v) is 12.0. The summed E-state index contributed by atoms with van der Waals surface area (Å²) in [6, 6.07) is 4.46. The highest BCUT2D eigenvalue weighted by Gasteiger charge is 2.57. The molecule has 1 amide bonds. The number of Topliss-reactive ketones (excluding diaryl/α,β-unsaturated/α-hetero) is 1. The number of pyridine rings is 1. The smallest absolute Gasteiger partial charge is 0.234 e. The first-order valence-electron chi connectivity index (χ1n) is 12.9. The van der Waals surface area contributed by atoms with E-state index in [0.717, 1.165) is 42.0 Å². The van der Waals surface area contributed by atoms with Crippen LogP contribution in [0.15, 0.2) is 29.3 Å². The lowest BCUT2D eigenvalue weighted by Gasteiger charge is -2.41. The van der Waals surface area contributed by atoms with Gasteiger partial charge in [0.15, 0.2) is 5.78 Å². The molecule has 5 atom stereocenters. The van der Waals surface area contributed by atoms with Crippen LogP contribution in [-0.2, 0) is 15.1 Å². The molecule has 0 saturated carbocycles. The van der Waals surface area contributed by atoms with Gasteiger partial charge in [0, 0.05) is 46.9 Å². The Hall–Kier alpha value is -2.66. The number of piperidine rings is 1. The summed E-state index contributed by atoms with van der Waals surface area (Å²) in [7, 11) is 0. The Kier molecular flexibility index (Phi) is 6.95. The second-order valence-electron chi connectivity index (χ2n) is 10.8. The summed E-state index contributed by atoms with van der Waals surface area (Å²) in [6.45, 7) is 8.24. The molecule has 0 radical (unpaired) electrons. The highest BCUT2D eigenvalue weighted by molar-refractivity contribution is 8.01. The summed E-state index contributed by atoms with van der Waals surface area (Å²) in [5.74, 6) is -0.132. The first-order valence-corrected chi connectivity index (χ1v) is 13.8. The number of nitrogens with zero attached hydrogens (tertiary/aromatic N) is 1. The summed E-state index contributed by atoms with van der Waals surface area (Å²) in [4.78, 5) is 32.7. The molecule has 0 bridgehead atoms. The van der Waals surface area contributed by atoms with E-state index in [2.05, 4.69) is 29.5 Å². The SMILES string of the molecule is Cc1cc(OCC(C)C)ncc1C1(N)C(=O)C(N)C2c3c1ccc(N)c3SC2C(=O)NC1CCCNC1. The van der Waals surface area contributed by atoms with Crippen molar-refractivity contribution in [1.82, 2.24) is 15.6 Å². The second kappa shape index (κ2) is 9.90. The van der Waals surface area contributed by atoms with E-state index in [4.69, 9.17) is 21.9 Å². The number of carbonyl (C=O) groups excluding carboxylic acids is 2. The fourth-order valence-electron chi connectivity index (χ4n) is 5.73. The molecular weight excluding hydrogens is 488 g/mol. The van der Waals surface area contributed by atoms with Gasteiger partial charge in [-0.1, -0.05) is 19.9 Å². The van der Waals surface area contributed by atoms with Crippen molar-refractivity contribution in [3.05, 3.63) is 46.6 Å². The number of hydrogen-bond acceptors (Lipinski definition) is 9. The van der Waals surface area contributed by atoms with Crippen LogP contribution in [0.4, 0.5) is 5.69 Å². The molecule has 37 heavy (non-hydrogen) atoms. The summed E-state index contributed by atoms with van der Waals surface area (Å²) in [6.07, 6.45) is 3.54. The van der Waals surface area contributed by atoms with Crippen LogP contribution >= 0.6 is 11.8 Å². The van der Waals surface area contributed by atoms with E-state index in [9.17, 15) is 9.59 Å². The molecule has 198 valence electrons. The average molecular weight is 525 g/mol. The monoisotopic (exact) mass is 524 g/mol. The van der Waals surface area contributed by atoms with Crippen LogP contribution in [0.5, 0.6) is 5.88 Å². The minimum Gasteiger partial charge on any atom is -0.477 e. The molecule has 0 spiro atoms. The van der Waals surface area contributed by atoms with Gasteiger partial charge in [0.05, 0.1) is 17.9 Å². The Morgan fingerprint density at radius 1 is 1.35 bits per heavy atom. The average Bonchev–Trinajstić information content (AvgIpc) is 3.28. The van der Waals surface area contributed by atoms with E-state index < -0.39 is 22.7 Å². The molecular formula is C27H36N6O3S. The number of amides is 1. The molecule has 1 saturated heterocycles. The van der Waals surface area contributed by atoms with Crippen molar-refractivity contribution in [1.29, 1.82) is 0 Å². The Bertz CT molecular complexity index is 1230. The molecule has 3 aliphatic rings. The number of nitrogen functional groups attached to an aromatic ring is 1. The Labute approximate surface area is 221 Å². The standard InChI is InChI=1S/C27H36N6O3S/c1-13(2)12-36-19-9-14(3)17(11-32-19)27(30)16-6-7-18(28)23-20(16)21(22(29)25(27)34)24(37-23)26(35)33-15-5-4-8-31-10-15/h6-7,9,11,13,15,21-22,24,31H,4-5,8,10,12,28-30H2,1-3H3,(H,33,35). The number of aryl methyl sites for hydroxylation is 1. The molecule has 9 nitrogen and oxygen atoms in total. The molecule has 2 aromatic rings. The molecule has 1 fully saturated rings. The summed E-state index contributed by atoms with van der Waals surface area (Å²) < 4.78 is 5.78. The number of nitrogens with one attached hydrogen (secondary N) is 2. The van der Waals surface area contributed by atoms with Crippen LogP contribution in [0, 0.1) is 12.8 Å². The normalized spacial score (nSPS) is 28.8. The zero-order valence-electron chi connectivity index (χ0n) is 21.5. The third-order valence-corrected chi connectivity index (χ3v) is 9.06. The van der Waals surface area contributed by atoms with Crippen LogP contribution in [0.2, 0.25) is 0 Å². The summed E-state index contributed by atoms with van der Waals surface area (Å²) >= 11 is 1.38. The maximum atomic E-state index is 14.0. The highest BCUT2D eigenvalue weighted by Crippen LogP contribution is 2.56. The Morgan fingerprint density at radius 2 is 2.14 bits per heavy atom. The minimum absolute atomic E-state index is 0.0525. The van der Waals surface area contributed by atoms with Gasteiger partial charge in [-0.2, -0.15) is 0 Å². The molecule has 8 N–H and O–H groups in total. The van der Waals surface area contributed by atoms with Crippen molar-refractivity contribution in [3.63, 3.8) is 0 Å². The lowest BCUT2D eigenvalue weighted by atomic mass is 9.65. The van der Waals surface area contributed by atoms with Crippen molar-refractivity contribution in [2.24, 2.45) is 17.4 Å². The predicted molar refractivity (Wildman–Crippen MR) is 145 cm³/mol. The van der Waals surface area contributed by atoms with Crippen molar-refractivity contribution in [2.75, 3.05) is 25.4 Å². The summed E-state index contributed by atoms with van der Waals surface area (Å²) in [5.41, 5.74) is 21.9. The van der Waals surface area contributed by atoms with Crippen molar-refractivity contribution < 1.29 is 14.3 Å². The lowest BCUT2D eigenvalue weighted by Crippen LogP contribution is -2.61. The third-order valence-electron chi connectivity index (χ3n) is 7.61. The maximum Gasteiger partial charge on any atom is 0.234 e. The molecule has 3 heterocycles. The van der Waals surface area contributed by atoms with Gasteiger partial charge in [-0.3, -0.25) is 9.59 Å². The van der Waals surface area contributed by atoms with Crippen LogP contribution in [0.1, 0.15) is 54.9 Å². The fourth-order valence-corrected chi connectivity index (χ4v) is 7.19. The number of nitrogens with two attached hydrogens (primary N) is 3. The Morgan fingerprint density at radius 3 is 2.81 bits per heavy atom. The topological polar surface area (TPSA) is 158 Å². The number of aromatic nitrogens is 1. The minimum atomic E-state index is -1.51. The number of benzene rings is 1. The molecule has 2 aliphatic heterocycles. The van der Waals surface area contributed by atoms with Gasteiger partial charge in [0.1, 0.15) is 5.54 Å². The van der Waals surface area contributed by atoms with Gasteiger partial charge in [0.25, 0.3) is 0 Å². The number of ether oxygens (including phenoxy) is 1. The number of ketones is 1. The van der Waals surface area contributed by atoms with Gasteiger partial charge in [-0.15, -0.1) is 11.8 Å². The zero-order valence-corrected chi connectivity index (χ0v) is 22.4. The van der Waals surface area contributed by atoms with Crippen molar-refractivity contribution >= 4 is 29.1 Å². The lowest BCUT2D eigenvalue weighted by molar-refractivity contribution is -0.126. The van der Waals surface area contributed by atoms with Crippen molar-refractivity contribution in [3.8, 4) is 5.88 Å². The van der Waals surface area contributed by atoms with Crippen LogP contribution in [0.3, 0.4) is 0 Å². The molecule has 5 unspecified atom stereocenters. The van der Waals surface area contributed by atoms with Gasteiger partial charge in [-0.25, -0.2) is 4.98 Å². The highest BCUT2D eigenvalue weighted by atomic mass is 32.2. The van der Waals surface area contributed by atoms with E-state index in [1.807, 2.05) is 6.92 Å². The summed E-state index contributed by atoms with van der Waals surface area (Å²) in [5, 5.41) is 5.92. The predicted octanol–water partition coefficient (Wildman–Crippen LogP) is 1.55. The fraction of sp³-hybridized carbons (Fsp3) is 0.519. The van der Waals surface area contributed by atoms with Crippen LogP contribution < -0.4 is 32.6 Å². The number of carbonyl (C=O) groups is 2. The first kappa shape index (κ1) is 26.0. The number of thioether (sulfide) groups is 1. The van der Waals surface area contributed by atoms with E-state index in [0.29, 0.717) is 35.2 Å². The third kappa shape index (κ3) is 4.39. The van der Waals surface area contributed by atoms with Gasteiger partial charge >= 0.3 is 0 Å². The van der Waals surface area contributed by atoms with Gasteiger partial charge < -0.3 is 32.6 Å². The van der Waals surface area contributed by atoms with Gasteiger partial charge in [0.2, 0.25) is 11.8 Å². The number of hydrogen-bond donors (Lipinski definition) is 5. The number of rotatable bonds is 6. The van der Waals surface area contributed by atoms with Crippen LogP contribution in [-0.4, -0.2) is 53.7 Å². The molecule has 1 aromatic heterocycles. The largest absolute Gasteiger partial charge is 0.477 e. The maximum absolute atomic E-state index is 14.0. The van der Waals surface area contributed by atoms with E-state index in [-0.39, 0.29) is 17.7 Å². The quantitative estimate of drug-likeness (QED) is 0.353. The van der Waals surface area contributed by atoms with E-state index in [1.54, 1.807) is 24.4 Å². The molecule has 1 aliphatic carbocycles. The number of anilines is 1. The van der Waals surface area contributed by atoms with Crippen LogP contribution in [0.25, 0.3) is 0 Å². The Balaban J connectivity index is 1.53. The van der Waals surface area contributed by atoms with Crippen molar-refractivity contribution in [2.45, 2.75) is 67.3 Å². The van der Waals surface area contributed by atoms with Gasteiger partial charge in [-0.05, 0) is 55.0 Å². The molecule has 10 heteroatoms. The van der Waals surface area contributed by atoms with E-state index >= 15 is 0 Å². The van der Waals surface area contributed by atoms with E-state index in [1.165, 1.54) is 11.8 Å². The first-order chi connectivity index (χ1) is 17.6.